The number of hydrogen-bond acceptors (Lipinski definition) is 5. The standard InChI is InChI=1S/C14H19N5O2/c1-21-12-4-2-3-11(9-12)5-7-16-14(20)13-10-19(8-6-15)18-17-13/h2-4,9-10H,5-8,15H2,1H3,(H,16,20). The van der Waals surface area contributed by atoms with Crippen molar-refractivity contribution in [3.63, 3.8) is 0 Å². The second-order valence-electron chi connectivity index (χ2n) is 4.51. The van der Waals surface area contributed by atoms with Crippen LogP contribution in [0.25, 0.3) is 0 Å². The van der Waals surface area contributed by atoms with Crippen molar-refractivity contribution in [2.45, 2.75) is 13.0 Å². The average molecular weight is 289 g/mol. The van der Waals surface area contributed by atoms with Crippen LogP contribution in [-0.4, -0.2) is 41.1 Å². The molecule has 0 saturated carbocycles. The highest BCUT2D eigenvalue weighted by molar-refractivity contribution is 5.91. The van der Waals surface area contributed by atoms with Gasteiger partial charge in [-0.1, -0.05) is 17.3 Å². The number of carbonyl (C=O) groups excluding carboxylic acids is 1. The summed E-state index contributed by atoms with van der Waals surface area (Å²) in [6.45, 7) is 1.53. The summed E-state index contributed by atoms with van der Waals surface area (Å²) in [4.78, 5) is 11.9. The van der Waals surface area contributed by atoms with Gasteiger partial charge in [-0.25, -0.2) is 0 Å². The average Bonchev–Trinajstić information content (AvgIpc) is 2.96. The Morgan fingerprint density at radius 3 is 3.10 bits per heavy atom. The van der Waals surface area contributed by atoms with E-state index in [2.05, 4.69) is 15.6 Å². The molecular formula is C14H19N5O2. The van der Waals surface area contributed by atoms with Crippen LogP contribution in [-0.2, 0) is 13.0 Å². The minimum atomic E-state index is -0.235. The number of nitrogens with zero attached hydrogens (tertiary/aromatic N) is 3. The predicted molar refractivity (Wildman–Crippen MR) is 78.1 cm³/mol. The molecule has 1 heterocycles. The van der Waals surface area contributed by atoms with Crippen LogP contribution in [0.3, 0.4) is 0 Å². The molecule has 0 aliphatic rings. The molecule has 0 saturated heterocycles. The Bertz CT molecular complexity index is 597. The molecular weight excluding hydrogens is 270 g/mol. The lowest BCUT2D eigenvalue weighted by atomic mass is 10.1. The van der Waals surface area contributed by atoms with Gasteiger partial charge < -0.3 is 15.8 Å². The Morgan fingerprint density at radius 1 is 1.48 bits per heavy atom. The van der Waals surface area contributed by atoms with Crippen molar-refractivity contribution in [1.82, 2.24) is 20.3 Å². The van der Waals surface area contributed by atoms with E-state index in [-0.39, 0.29) is 5.91 Å². The monoisotopic (exact) mass is 289 g/mol. The second-order valence-corrected chi connectivity index (χ2v) is 4.51. The van der Waals surface area contributed by atoms with Crippen LogP contribution >= 0.6 is 0 Å². The van der Waals surface area contributed by atoms with E-state index in [1.165, 1.54) is 0 Å². The second kappa shape index (κ2) is 7.39. The third-order valence-electron chi connectivity index (χ3n) is 2.96. The largest absolute Gasteiger partial charge is 0.497 e. The molecule has 0 spiro atoms. The van der Waals surface area contributed by atoms with E-state index in [1.807, 2.05) is 24.3 Å². The van der Waals surface area contributed by atoms with Gasteiger partial charge in [-0.3, -0.25) is 9.48 Å². The SMILES string of the molecule is COc1cccc(CCNC(=O)c2cn(CCN)nn2)c1. The molecule has 0 unspecified atom stereocenters. The number of ether oxygens (including phenoxy) is 1. The van der Waals surface area contributed by atoms with E-state index < -0.39 is 0 Å². The van der Waals surface area contributed by atoms with Gasteiger partial charge >= 0.3 is 0 Å². The molecule has 3 N–H and O–H groups in total. The van der Waals surface area contributed by atoms with Gasteiger partial charge in [-0.05, 0) is 24.1 Å². The predicted octanol–water partition coefficient (Wildman–Crippen LogP) is 0.218. The van der Waals surface area contributed by atoms with E-state index in [0.29, 0.717) is 25.3 Å². The fourth-order valence-electron chi connectivity index (χ4n) is 1.88. The molecule has 0 aliphatic heterocycles. The first-order valence-corrected chi connectivity index (χ1v) is 6.74. The number of methoxy groups -OCH3 is 1. The van der Waals surface area contributed by atoms with Crippen molar-refractivity contribution in [3.8, 4) is 5.75 Å². The highest BCUT2D eigenvalue weighted by Gasteiger charge is 2.09. The van der Waals surface area contributed by atoms with Gasteiger partial charge in [0.15, 0.2) is 5.69 Å². The first-order chi connectivity index (χ1) is 10.2. The van der Waals surface area contributed by atoms with Gasteiger partial charge in [0, 0.05) is 13.1 Å². The van der Waals surface area contributed by atoms with E-state index in [9.17, 15) is 4.79 Å². The zero-order valence-electron chi connectivity index (χ0n) is 12.0. The van der Waals surface area contributed by atoms with E-state index in [4.69, 9.17) is 10.5 Å². The van der Waals surface area contributed by atoms with Crippen molar-refractivity contribution in [2.75, 3.05) is 20.2 Å². The lowest BCUT2D eigenvalue weighted by Gasteiger charge is -2.05. The number of benzene rings is 1. The fourth-order valence-corrected chi connectivity index (χ4v) is 1.88. The molecule has 1 aromatic heterocycles. The number of aromatic nitrogens is 3. The zero-order valence-corrected chi connectivity index (χ0v) is 12.0. The Hall–Kier alpha value is -2.41. The van der Waals surface area contributed by atoms with Crippen molar-refractivity contribution in [1.29, 1.82) is 0 Å². The lowest BCUT2D eigenvalue weighted by Crippen LogP contribution is -2.26. The van der Waals surface area contributed by atoms with Gasteiger partial charge in [-0.2, -0.15) is 0 Å². The summed E-state index contributed by atoms with van der Waals surface area (Å²) >= 11 is 0. The Morgan fingerprint density at radius 2 is 2.33 bits per heavy atom. The van der Waals surface area contributed by atoms with E-state index >= 15 is 0 Å². The van der Waals surface area contributed by atoms with Crippen molar-refractivity contribution < 1.29 is 9.53 Å². The van der Waals surface area contributed by atoms with Crippen LogP contribution in [0.5, 0.6) is 5.75 Å². The summed E-state index contributed by atoms with van der Waals surface area (Å²) in [5.74, 6) is 0.574. The number of amides is 1. The summed E-state index contributed by atoms with van der Waals surface area (Å²) in [6, 6.07) is 7.75. The normalized spacial score (nSPS) is 10.4. The minimum absolute atomic E-state index is 0.235. The van der Waals surface area contributed by atoms with Crippen LogP contribution in [0.1, 0.15) is 16.1 Å². The maximum absolute atomic E-state index is 11.9. The lowest BCUT2D eigenvalue weighted by molar-refractivity contribution is 0.0949. The highest BCUT2D eigenvalue weighted by atomic mass is 16.5. The summed E-state index contributed by atoms with van der Waals surface area (Å²) in [7, 11) is 1.63. The molecule has 2 rings (SSSR count). The maximum Gasteiger partial charge on any atom is 0.273 e. The topological polar surface area (TPSA) is 95.1 Å². The van der Waals surface area contributed by atoms with Crippen molar-refractivity contribution >= 4 is 5.91 Å². The molecule has 0 bridgehead atoms. The Labute approximate surface area is 123 Å². The third-order valence-corrected chi connectivity index (χ3v) is 2.96. The third kappa shape index (κ3) is 4.28. The number of nitrogens with two attached hydrogens (primary N) is 1. The van der Waals surface area contributed by atoms with Gasteiger partial charge in [0.05, 0.1) is 19.9 Å². The number of carbonyl (C=O) groups is 1. The first-order valence-electron chi connectivity index (χ1n) is 6.74. The highest BCUT2D eigenvalue weighted by Crippen LogP contribution is 2.12. The van der Waals surface area contributed by atoms with Crippen LogP contribution in [0.2, 0.25) is 0 Å². The number of hydrogen-bond donors (Lipinski definition) is 2. The number of rotatable bonds is 7. The first kappa shape index (κ1) is 15.0. The molecule has 0 aliphatic carbocycles. The van der Waals surface area contributed by atoms with Crippen LogP contribution < -0.4 is 15.8 Å². The quantitative estimate of drug-likeness (QED) is 0.760. The summed E-state index contributed by atoms with van der Waals surface area (Å²) < 4.78 is 6.71. The molecule has 1 amide bonds. The smallest absolute Gasteiger partial charge is 0.273 e. The van der Waals surface area contributed by atoms with Crippen molar-refractivity contribution in [3.05, 3.63) is 41.7 Å². The van der Waals surface area contributed by atoms with E-state index in [1.54, 1.807) is 18.0 Å². The van der Waals surface area contributed by atoms with E-state index in [0.717, 1.165) is 17.7 Å². The van der Waals surface area contributed by atoms with Gasteiger partial charge in [0.25, 0.3) is 5.91 Å². The van der Waals surface area contributed by atoms with Gasteiger partial charge in [-0.15, -0.1) is 5.10 Å². The minimum Gasteiger partial charge on any atom is -0.497 e. The number of nitrogens with one attached hydrogen (secondary N) is 1. The molecule has 7 heteroatoms. The molecule has 7 nitrogen and oxygen atoms in total. The molecule has 2 aromatic rings. The summed E-state index contributed by atoms with van der Waals surface area (Å²) in [5.41, 5.74) is 6.81. The molecule has 112 valence electrons. The summed E-state index contributed by atoms with van der Waals surface area (Å²) in [5, 5.41) is 10.5. The van der Waals surface area contributed by atoms with Gasteiger partial charge in [0.2, 0.25) is 0 Å². The van der Waals surface area contributed by atoms with Crippen LogP contribution in [0.4, 0.5) is 0 Å². The summed E-state index contributed by atoms with van der Waals surface area (Å²) in [6.07, 6.45) is 2.31. The maximum atomic E-state index is 11.9. The molecule has 0 radical (unpaired) electrons. The molecule has 1 aromatic carbocycles. The van der Waals surface area contributed by atoms with Crippen LogP contribution in [0, 0.1) is 0 Å². The molecule has 0 fully saturated rings. The Kier molecular flexibility index (Phi) is 5.28. The van der Waals surface area contributed by atoms with Gasteiger partial charge in [0.1, 0.15) is 5.75 Å². The zero-order chi connectivity index (χ0) is 15.1. The van der Waals surface area contributed by atoms with Crippen molar-refractivity contribution in [2.24, 2.45) is 5.73 Å². The van der Waals surface area contributed by atoms with Crippen LogP contribution in [0.15, 0.2) is 30.5 Å². The molecule has 0 atom stereocenters. The Balaban J connectivity index is 1.83. The fraction of sp³-hybridized carbons (Fsp3) is 0.357. The molecule has 21 heavy (non-hydrogen) atoms.